The summed E-state index contributed by atoms with van der Waals surface area (Å²) in [4.78, 5) is 4.55. The standard InChI is InChI=1S/C14H16BrNS/c1-10-5-3-4-6-14(10)12(8-15)7-13-9-17-11(2)16-13/h3-6,9,12H,7-8H2,1-2H3. The van der Waals surface area contributed by atoms with E-state index in [0.717, 1.165) is 16.8 Å². The van der Waals surface area contributed by atoms with Crippen molar-refractivity contribution in [3.63, 3.8) is 0 Å². The van der Waals surface area contributed by atoms with E-state index in [2.05, 4.69) is 64.4 Å². The molecule has 3 heteroatoms. The Morgan fingerprint density at radius 1 is 1.29 bits per heavy atom. The summed E-state index contributed by atoms with van der Waals surface area (Å²) in [6, 6.07) is 8.61. The van der Waals surface area contributed by atoms with Crippen LogP contribution in [0, 0.1) is 13.8 Å². The number of rotatable bonds is 4. The Balaban J connectivity index is 2.20. The molecule has 1 heterocycles. The molecule has 1 unspecified atom stereocenters. The fraction of sp³-hybridized carbons (Fsp3) is 0.357. The smallest absolute Gasteiger partial charge is 0.0897 e. The van der Waals surface area contributed by atoms with E-state index in [9.17, 15) is 0 Å². The van der Waals surface area contributed by atoms with Crippen LogP contribution < -0.4 is 0 Å². The van der Waals surface area contributed by atoms with Crippen molar-refractivity contribution >= 4 is 27.3 Å². The van der Waals surface area contributed by atoms with Crippen LogP contribution in [0.3, 0.4) is 0 Å². The van der Waals surface area contributed by atoms with Crippen LogP contribution in [-0.4, -0.2) is 10.3 Å². The highest BCUT2D eigenvalue weighted by Crippen LogP contribution is 2.26. The zero-order valence-electron chi connectivity index (χ0n) is 10.1. The summed E-state index contributed by atoms with van der Waals surface area (Å²) in [5.74, 6) is 0.512. The van der Waals surface area contributed by atoms with E-state index in [-0.39, 0.29) is 0 Å². The zero-order chi connectivity index (χ0) is 12.3. The van der Waals surface area contributed by atoms with Crippen LogP contribution in [-0.2, 0) is 6.42 Å². The zero-order valence-corrected chi connectivity index (χ0v) is 12.5. The lowest BCUT2D eigenvalue weighted by molar-refractivity contribution is 0.753. The van der Waals surface area contributed by atoms with Crippen LogP contribution >= 0.6 is 27.3 Å². The summed E-state index contributed by atoms with van der Waals surface area (Å²) in [7, 11) is 0. The largest absolute Gasteiger partial charge is 0.247 e. The summed E-state index contributed by atoms with van der Waals surface area (Å²) in [5, 5.41) is 4.30. The minimum Gasteiger partial charge on any atom is -0.247 e. The molecule has 2 aromatic rings. The number of alkyl halides is 1. The first-order chi connectivity index (χ1) is 8.20. The Hall–Kier alpha value is -0.670. The molecule has 0 spiro atoms. The Labute approximate surface area is 115 Å². The fourth-order valence-electron chi connectivity index (χ4n) is 2.05. The van der Waals surface area contributed by atoms with Crippen molar-refractivity contribution in [1.29, 1.82) is 0 Å². The van der Waals surface area contributed by atoms with Crippen molar-refractivity contribution in [2.75, 3.05) is 5.33 Å². The van der Waals surface area contributed by atoms with E-state index in [4.69, 9.17) is 0 Å². The lowest BCUT2D eigenvalue weighted by Gasteiger charge is -2.15. The number of hydrogen-bond donors (Lipinski definition) is 0. The van der Waals surface area contributed by atoms with Gasteiger partial charge in [0.1, 0.15) is 0 Å². The van der Waals surface area contributed by atoms with Gasteiger partial charge in [0.2, 0.25) is 0 Å². The summed E-state index contributed by atoms with van der Waals surface area (Å²) in [5.41, 5.74) is 4.00. The third-order valence-corrected chi connectivity index (χ3v) is 4.54. The highest BCUT2D eigenvalue weighted by atomic mass is 79.9. The number of thiazole rings is 1. The maximum Gasteiger partial charge on any atom is 0.0897 e. The topological polar surface area (TPSA) is 12.9 Å². The van der Waals surface area contributed by atoms with E-state index in [1.54, 1.807) is 11.3 Å². The molecule has 0 aliphatic rings. The summed E-state index contributed by atoms with van der Waals surface area (Å²) in [6.07, 6.45) is 1.01. The quantitative estimate of drug-likeness (QED) is 0.759. The van der Waals surface area contributed by atoms with Gasteiger partial charge in [-0.2, -0.15) is 0 Å². The lowest BCUT2D eigenvalue weighted by atomic mass is 9.93. The van der Waals surface area contributed by atoms with Crippen LogP contribution in [0.15, 0.2) is 29.6 Å². The first-order valence-electron chi connectivity index (χ1n) is 5.73. The Bertz CT molecular complexity index is 492. The fourth-order valence-corrected chi connectivity index (χ4v) is 3.25. The average molecular weight is 310 g/mol. The summed E-state index contributed by atoms with van der Waals surface area (Å²) in [6.45, 7) is 4.24. The van der Waals surface area contributed by atoms with Crippen molar-refractivity contribution in [3.8, 4) is 0 Å². The van der Waals surface area contributed by atoms with Crippen LogP contribution in [0.25, 0.3) is 0 Å². The van der Waals surface area contributed by atoms with Gasteiger partial charge in [-0.25, -0.2) is 4.98 Å². The van der Waals surface area contributed by atoms with Crippen LogP contribution in [0.4, 0.5) is 0 Å². The molecule has 0 aliphatic carbocycles. The molecular formula is C14H16BrNS. The normalized spacial score (nSPS) is 12.6. The second-order valence-electron chi connectivity index (χ2n) is 4.27. The molecule has 0 bridgehead atoms. The number of nitrogens with zero attached hydrogens (tertiary/aromatic N) is 1. The van der Waals surface area contributed by atoms with Gasteiger partial charge in [0, 0.05) is 10.7 Å². The lowest BCUT2D eigenvalue weighted by Crippen LogP contribution is -2.06. The highest BCUT2D eigenvalue weighted by Gasteiger charge is 2.14. The van der Waals surface area contributed by atoms with E-state index in [1.165, 1.54) is 16.8 Å². The van der Waals surface area contributed by atoms with Gasteiger partial charge in [-0.05, 0) is 37.3 Å². The Morgan fingerprint density at radius 3 is 2.65 bits per heavy atom. The second-order valence-corrected chi connectivity index (χ2v) is 5.98. The molecule has 1 nitrogen and oxygen atoms in total. The monoisotopic (exact) mass is 309 g/mol. The van der Waals surface area contributed by atoms with E-state index >= 15 is 0 Å². The van der Waals surface area contributed by atoms with Gasteiger partial charge in [0.05, 0.1) is 10.7 Å². The van der Waals surface area contributed by atoms with Crippen molar-refractivity contribution in [3.05, 3.63) is 51.5 Å². The highest BCUT2D eigenvalue weighted by molar-refractivity contribution is 9.09. The minimum absolute atomic E-state index is 0.512. The Kier molecular flexibility index (Phi) is 4.35. The number of hydrogen-bond acceptors (Lipinski definition) is 2. The molecule has 0 amide bonds. The van der Waals surface area contributed by atoms with Gasteiger partial charge in [-0.1, -0.05) is 40.2 Å². The summed E-state index contributed by atoms with van der Waals surface area (Å²) >= 11 is 5.36. The molecule has 0 saturated heterocycles. The van der Waals surface area contributed by atoms with E-state index < -0.39 is 0 Å². The molecule has 17 heavy (non-hydrogen) atoms. The maximum absolute atomic E-state index is 4.55. The van der Waals surface area contributed by atoms with Crippen molar-refractivity contribution in [2.24, 2.45) is 0 Å². The predicted molar refractivity (Wildman–Crippen MR) is 78.3 cm³/mol. The van der Waals surface area contributed by atoms with Crippen LogP contribution in [0.2, 0.25) is 0 Å². The molecule has 90 valence electrons. The molecule has 0 fully saturated rings. The van der Waals surface area contributed by atoms with Crippen LogP contribution in [0.1, 0.15) is 27.7 Å². The van der Waals surface area contributed by atoms with Crippen molar-refractivity contribution < 1.29 is 0 Å². The van der Waals surface area contributed by atoms with Crippen molar-refractivity contribution in [1.82, 2.24) is 4.98 Å². The second kappa shape index (κ2) is 5.78. The van der Waals surface area contributed by atoms with E-state index in [0.29, 0.717) is 5.92 Å². The maximum atomic E-state index is 4.55. The number of aryl methyl sites for hydroxylation is 2. The first kappa shape index (κ1) is 12.8. The van der Waals surface area contributed by atoms with Gasteiger partial charge in [0.15, 0.2) is 0 Å². The Morgan fingerprint density at radius 2 is 2.06 bits per heavy atom. The van der Waals surface area contributed by atoms with Crippen molar-refractivity contribution in [2.45, 2.75) is 26.2 Å². The molecule has 1 atom stereocenters. The van der Waals surface area contributed by atoms with E-state index in [1.807, 2.05) is 0 Å². The molecule has 0 aliphatic heterocycles. The minimum atomic E-state index is 0.512. The molecule has 0 saturated carbocycles. The summed E-state index contributed by atoms with van der Waals surface area (Å²) < 4.78 is 0. The third kappa shape index (κ3) is 3.17. The molecule has 2 rings (SSSR count). The van der Waals surface area contributed by atoms with Gasteiger partial charge >= 0.3 is 0 Å². The van der Waals surface area contributed by atoms with Gasteiger partial charge < -0.3 is 0 Å². The molecule has 0 radical (unpaired) electrons. The third-order valence-electron chi connectivity index (χ3n) is 2.94. The molecular weight excluding hydrogens is 294 g/mol. The van der Waals surface area contributed by atoms with Gasteiger partial charge in [-0.15, -0.1) is 11.3 Å². The molecule has 1 aromatic heterocycles. The first-order valence-corrected chi connectivity index (χ1v) is 7.73. The molecule has 1 aromatic carbocycles. The molecule has 0 N–H and O–H groups in total. The number of aromatic nitrogens is 1. The predicted octanol–water partition coefficient (Wildman–Crippen LogP) is 4.48. The number of benzene rings is 1. The average Bonchev–Trinajstić information content (AvgIpc) is 2.73. The van der Waals surface area contributed by atoms with Crippen LogP contribution in [0.5, 0.6) is 0 Å². The van der Waals surface area contributed by atoms with Gasteiger partial charge in [0.25, 0.3) is 0 Å². The number of halogens is 1. The SMILES string of the molecule is Cc1nc(CC(CBr)c2ccccc2C)cs1. The van der Waals surface area contributed by atoms with Gasteiger partial charge in [-0.3, -0.25) is 0 Å².